The Balaban J connectivity index is 2.02. The molecule has 0 saturated carbocycles. The lowest BCUT2D eigenvalue weighted by Gasteiger charge is -2.39. The van der Waals surface area contributed by atoms with Crippen LogP contribution >= 0.6 is 0 Å². The minimum atomic E-state index is -0.804. The van der Waals surface area contributed by atoms with Crippen LogP contribution in [0.5, 0.6) is 0 Å². The number of halogens is 1. The Bertz CT molecular complexity index is 477. The highest BCUT2D eigenvalue weighted by atomic mass is 19.1. The highest BCUT2D eigenvalue weighted by Crippen LogP contribution is 2.20. The molecular formula is C15H21FN2O2. The number of rotatable bonds is 3. The second kappa shape index (κ2) is 5.89. The van der Waals surface area contributed by atoms with Gasteiger partial charge in [0.15, 0.2) is 5.60 Å². The number of ether oxygens (including phenoxy) is 1. The third-order valence-corrected chi connectivity index (χ3v) is 3.60. The fraction of sp³-hybridized carbons (Fsp3) is 0.533. The summed E-state index contributed by atoms with van der Waals surface area (Å²) in [6, 6.07) is 6.19. The summed E-state index contributed by atoms with van der Waals surface area (Å²) >= 11 is 0. The molecule has 110 valence electrons. The molecule has 2 rings (SSSR count). The number of hydrogen-bond donors (Lipinski definition) is 0. The smallest absolute Gasteiger partial charge is 0.255 e. The number of likely N-dealkylation sites (N-methyl/N-ethyl adjacent to an activating group) is 2. The summed E-state index contributed by atoms with van der Waals surface area (Å²) in [6.45, 7) is 4.25. The number of amides is 1. The van der Waals surface area contributed by atoms with Crippen molar-refractivity contribution in [2.24, 2.45) is 0 Å². The van der Waals surface area contributed by atoms with Crippen molar-refractivity contribution in [2.45, 2.75) is 19.1 Å². The van der Waals surface area contributed by atoms with Crippen LogP contribution in [0.2, 0.25) is 0 Å². The van der Waals surface area contributed by atoms with Gasteiger partial charge in [-0.15, -0.1) is 0 Å². The van der Waals surface area contributed by atoms with Gasteiger partial charge in [0.05, 0.1) is 6.61 Å². The number of nitrogens with zero attached hydrogens (tertiary/aromatic N) is 2. The van der Waals surface area contributed by atoms with Crippen molar-refractivity contribution < 1.29 is 13.9 Å². The first kappa shape index (κ1) is 14.9. The lowest BCUT2D eigenvalue weighted by molar-refractivity contribution is -0.165. The van der Waals surface area contributed by atoms with Gasteiger partial charge in [0.1, 0.15) is 5.82 Å². The van der Waals surface area contributed by atoms with Gasteiger partial charge >= 0.3 is 0 Å². The van der Waals surface area contributed by atoms with Crippen LogP contribution in [0.1, 0.15) is 12.5 Å². The molecule has 1 atom stereocenters. The maximum atomic E-state index is 12.9. The third kappa shape index (κ3) is 3.35. The maximum Gasteiger partial charge on any atom is 0.255 e. The Labute approximate surface area is 119 Å². The van der Waals surface area contributed by atoms with Crippen LogP contribution in [-0.4, -0.2) is 55.1 Å². The average Bonchev–Trinajstić information content (AvgIpc) is 2.40. The van der Waals surface area contributed by atoms with Gasteiger partial charge < -0.3 is 14.5 Å². The Morgan fingerprint density at radius 2 is 2.10 bits per heavy atom. The molecule has 1 heterocycles. The summed E-state index contributed by atoms with van der Waals surface area (Å²) < 4.78 is 18.6. The molecule has 0 aliphatic carbocycles. The van der Waals surface area contributed by atoms with Crippen molar-refractivity contribution in [3.63, 3.8) is 0 Å². The Kier molecular flexibility index (Phi) is 4.40. The van der Waals surface area contributed by atoms with Gasteiger partial charge in [-0.05, 0) is 31.7 Å². The molecular weight excluding hydrogens is 259 g/mol. The minimum absolute atomic E-state index is 0.0478. The SMILES string of the molecule is CN1CCO[C@](C)(C(=O)N(C)Cc2ccc(F)cc2)C1. The van der Waals surface area contributed by atoms with Crippen LogP contribution in [0.15, 0.2) is 24.3 Å². The summed E-state index contributed by atoms with van der Waals surface area (Å²) in [6.07, 6.45) is 0. The summed E-state index contributed by atoms with van der Waals surface area (Å²) in [5.74, 6) is -0.319. The van der Waals surface area contributed by atoms with E-state index in [4.69, 9.17) is 4.74 Å². The second-order valence-electron chi connectivity index (χ2n) is 5.60. The fourth-order valence-electron chi connectivity index (χ4n) is 2.54. The molecule has 5 heteroatoms. The zero-order valence-electron chi connectivity index (χ0n) is 12.2. The number of hydrogen-bond acceptors (Lipinski definition) is 3. The van der Waals surface area contributed by atoms with E-state index in [1.165, 1.54) is 12.1 Å². The first-order chi connectivity index (χ1) is 9.40. The van der Waals surface area contributed by atoms with Gasteiger partial charge in [-0.1, -0.05) is 12.1 Å². The van der Waals surface area contributed by atoms with E-state index in [1.807, 2.05) is 14.0 Å². The summed E-state index contributed by atoms with van der Waals surface area (Å²) in [5.41, 5.74) is 0.0944. The van der Waals surface area contributed by atoms with Crippen LogP contribution in [-0.2, 0) is 16.1 Å². The third-order valence-electron chi connectivity index (χ3n) is 3.60. The maximum absolute atomic E-state index is 12.9. The summed E-state index contributed by atoms with van der Waals surface area (Å²) in [5, 5.41) is 0. The zero-order chi connectivity index (χ0) is 14.8. The lowest BCUT2D eigenvalue weighted by Crippen LogP contribution is -2.57. The van der Waals surface area contributed by atoms with Crippen LogP contribution in [0.4, 0.5) is 4.39 Å². The standard InChI is InChI=1S/C15H21FN2O2/c1-15(11-17(2)8-9-20-15)14(19)18(3)10-12-4-6-13(16)7-5-12/h4-7H,8-11H2,1-3H3/t15-/m0/s1. The molecule has 1 aromatic carbocycles. The molecule has 0 bridgehead atoms. The molecule has 1 fully saturated rings. The van der Waals surface area contributed by atoms with E-state index in [1.54, 1.807) is 24.1 Å². The van der Waals surface area contributed by atoms with Gasteiger partial charge in [-0.25, -0.2) is 4.39 Å². The Morgan fingerprint density at radius 1 is 1.45 bits per heavy atom. The monoisotopic (exact) mass is 280 g/mol. The molecule has 0 radical (unpaired) electrons. The zero-order valence-corrected chi connectivity index (χ0v) is 12.2. The first-order valence-electron chi connectivity index (χ1n) is 6.73. The van der Waals surface area contributed by atoms with Gasteiger partial charge in [0.2, 0.25) is 0 Å². The number of benzene rings is 1. The normalized spacial score (nSPS) is 23.6. The molecule has 1 amide bonds. The summed E-state index contributed by atoms with van der Waals surface area (Å²) in [4.78, 5) is 16.3. The Hall–Kier alpha value is -1.46. The van der Waals surface area contributed by atoms with Crippen LogP contribution in [0.3, 0.4) is 0 Å². The van der Waals surface area contributed by atoms with Crippen molar-refractivity contribution >= 4 is 5.91 Å². The second-order valence-corrected chi connectivity index (χ2v) is 5.60. The molecule has 0 N–H and O–H groups in total. The molecule has 0 spiro atoms. The van der Waals surface area contributed by atoms with Crippen molar-refractivity contribution in [1.29, 1.82) is 0 Å². The quantitative estimate of drug-likeness (QED) is 0.841. The molecule has 0 unspecified atom stereocenters. The van der Waals surface area contributed by atoms with E-state index in [9.17, 15) is 9.18 Å². The highest BCUT2D eigenvalue weighted by Gasteiger charge is 2.39. The average molecular weight is 280 g/mol. The van der Waals surface area contributed by atoms with E-state index in [2.05, 4.69) is 4.90 Å². The van der Waals surface area contributed by atoms with Crippen LogP contribution in [0, 0.1) is 5.82 Å². The van der Waals surface area contributed by atoms with Gasteiger partial charge in [0, 0.05) is 26.7 Å². The lowest BCUT2D eigenvalue weighted by atomic mass is 10.0. The Morgan fingerprint density at radius 3 is 2.70 bits per heavy atom. The topological polar surface area (TPSA) is 32.8 Å². The molecule has 0 aromatic heterocycles. The van der Waals surface area contributed by atoms with Crippen molar-refractivity contribution in [1.82, 2.24) is 9.80 Å². The largest absolute Gasteiger partial charge is 0.363 e. The summed E-state index contributed by atoms with van der Waals surface area (Å²) in [7, 11) is 3.73. The van der Waals surface area contributed by atoms with Crippen molar-refractivity contribution in [3.8, 4) is 0 Å². The minimum Gasteiger partial charge on any atom is -0.363 e. The van der Waals surface area contributed by atoms with Crippen molar-refractivity contribution in [2.75, 3.05) is 33.8 Å². The van der Waals surface area contributed by atoms with Gasteiger partial charge in [0.25, 0.3) is 5.91 Å². The predicted molar refractivity (Wildman–Crippen MR) is 74.7 cm³/mol. The molecule has 1 aromatic rings. The van der Waals surface area contributed by atoms with E-state index in [0.717, 1.165) is 12.1 Å². The predicted octanol–water partition coefficient (Wildman–Crippen LogP) is 1.50. The molecule has 20 heavy (non-hydrogen) atoms. The first-order valence-corrected chi connectivity index (χ1v) is 6.73. The molecule has 1 aliphatic rings. The molecule has 4 nitrogen and oxygen atoms in total. The number of morpholine rings is 1. The van der Waals surface area contributed by atoms with Gasteiger partial charge in [-0.2, -0.15) is 0 Å². The fourth-order valence-corrected chi connectivity index (χ4v) is 2.54. The molecule has 1 saturated heterocycles. The van der Waals surface area contributed by atoms with E-state index in [-0.39, 0.29) is 11.7 Å². The number of carbonyl (C=O) groups excluding carboxylic acids is 1. The number of carbonyl (C=O) groups is 1. The van der Waals surface area contributed by atoms with E-state index in [0.29, 0.717) is 19.7 Å². The van der Waals surface area contributed by atoms with Crippen LogP contribution < -0.4 is 0 Å². The highest BCUT2D eigenvalue weighted by molar-refractivity contribution is 5.85. The van der Waals surface area contributed by atoms with Gasteiger partial charge in [-0.3, -0.25) is 4.79 Å². The molecule has 1 aliphatic heterocycles. The van der Waals surface area contributed by atoms with E-state index >= 15 is 0 Å². The van der Waals surface area contributed by atoms with Crippen molar-refractivity contribution in [3.05, 3.63) is 35.6 Å². The van der Waals surface area contributed by atoms with E-state index < -0.39 is 5.60 Å². The van der Waals surface area contributed by atoms with Crippen LogP contribution in [0.25, 0.3) is 0 Å².